The van der Waals surface area contributed by atoms with Crippen LogP contribution in [-0.2, 0) is 0 Å². The van der Waals surface area contributed by atoms with Crippen LogP contribution in [0.1, 0.15) is 20.7 Å². The van der Waals surface area contributed by atoms with Gasteiger partial charge in [-0.25, -0.2) is 0 Å². The standard InChI is InChI=1S/C28H20Cl3NO2P.BrH/c29-19-5-11-22(12-6-19)35(23-13-7-20(30)8-14-23,24-15-9-21(31)10-16-24)18-17-32-27(33)25-3-1-2-4-26(25)28(32)34;/h1-16H,17-18H2;1H/q+1;/p-1. The fraction of sp³-hybridized carbons (Fsp3) is 0.0714. The van der Waals surface area contributed by atoms with Crippen molar-refractivity contribution in [1.82, 2.24) is 4.90 Å². The Kier molecular flexibility index (Phi) is 8.24. The highest BCUT2D eigenvalue weighted by Crippen LogP contribution is 2.55. The number of carbonyl (C=O) groups excluding carboxylic acids is 2. The predicted octanol–water partition coefficient (Wildman–Crippen LogP) is 3.24. The van der Waals surface area contributed by atoms with E-state index in [1.165, 1.54) is 4.90 Å². The maximum absolute atomic E-state index is 13.1. The van der Waals surface area contributed by atoms with E-state index >= 15 is 0 Å². The summed E-state index contributed by atoms with van der Waals surface area (Å²) < 4.78 is 0. The lowest BCUT2D eigenvalue weighted by molar-refractivity contribution is -0.0000296. The van der Waals surface area contributed by atoms with Gasteiger partial charge in [0.05, 0.1) is 23.8 Å². The number of hydrogen-bond acceptors (Lipinski definition) is 2. The molecule has 4 aromatic rings. The Balaban J connectivity index is 0.00000304. The molecular formula is C28H20BrCl3NO2P. The highest BCUT2D eigenvalue weighted by molar-refractivity contribution is 7.95. The summed E-state index contributed by atoms with van der Waals surface area (Å²) in [7, 11) is -2.34. The molecule has 0 unspecified atom stereocenters. The van der Waals surface area contributed by atoms with Crippen LogP contribution >= 0.6 is 42.1 Å². The lowest BCUT2D eigenvalue weighted by Crippen LogP contribution is -3.00. The normalized spacial score (nSPS) is 12.9. The number of benzene rings is 4. The van der Waals surface area contributed by atoms with Crippen molar-refractivity contribution in [3.8, 4) is 0 Å². The van der Waals surface area contributed by atoms with Crippen LogP contribution in [0.5, 0.6) is 0 Å². The molecule has 36 heavy (non-hydrogen) atoms. The van der Waals surface area contributed by atoms with E-state index in [9.17, 15) is 9.59 Å². The molecule has 0 atom stereocenters. The number of imide groups is 1. The van der Waals surface area contributed by atoms with Crippen molar-refractivity contribution in [2.45, 2.75) is 0 Å². The van der Waals surface area contributed by atoms with E-state index in [0.717, 1.165) is 15.9 Å². The second-order valence-electron chi connectivity index (χ2n) is 8.27. The molecule has 182 valence electrons. The highest BCUT2D eigenvalue weighted by Gasteiger charge is 2.47. The first-order valence-corrected chi connectivity index (χ1v) is 14.1. The van der Waals surface area contributed by atoms with E-state index in [1.54, 1.807) is 24.3 Å². The molecule has 0 bridgehead atoms. The zero-order chi connectivity index (χ0) is 24.6. The Labute approximate surface area is 236 Å². The van der Waals surface area contributed by atoms with Gasteiger partial charge in [0.25, 0.3) is 11.8 Å². The highest BCUT2D eigenvalue weighted by atomic mass is 79.9. The first kappa shape index (κ1) is 26.9. The summed E-state index contributed by atoms with van der Waals surface area (Å²) >= 11 is 18.7. The van der Waals surface area contributed by atoms with E-state index in [0.29, 0.717) is 32.4 Å². The zero-order valence-electron chi connectivity index (χ0n) is 18.9. The van der Waals surface area contributed by atoms with Gasteiger partial charge in [0.2, 0.25) is 0 Å². The van der Waals surface area contributed by atoms with Gasteiger partial charge in [-0.2, -0.15) is 0 Å². The maximum Gasteiger partial charge on any atom is 0.261 e. The molecule has 0 saturated carbocycles. The van der Waals surface area contributed by atoms with Gasteiger partial charge in [-0.1, -0.05) is 46.9 Å². The van der Waals surface area contributed by atoms with Gasteiger partial charge in [0.15, 0.2) is 0 Å². The minimum Gasteiger partial charge on any atom is -1.00 e. The smallest absolute Gasteiger partial charge is 0.261 e. The van der Waals surface area contributed by atoms with Crippen molar-refractivity contribution in [2.24, 2.45) is 0 Å². The third kappa shape index (κ3) is 4.86. The van der Waals surface area contributed by atoms with Crippen molar-refractivity contribution in [1.29, 1.82) is 0 Å². The summed E-state index contributed by atoms with van der Waals surface area (Å²) in [6, 6.07) is 30.4. The molecule has 0 aliphatic carbocycles. The van der Waals surface area contributed by atoms with Crippen molar-refractivity contribution in [2.75, 3.05) is 12.7 Å². The number of fused-ring (bicyclic) bond motifs is 1. The second-order valence-corrected chi connectivity index (χ2v) is 13.2. The maximum atomic E-state index is 13.1. The van der Waals surface area contributed by atoms with Gasteiger partial charge in [-0.15, -0.1) is 0 Å². The van der Waals surface area contributed by atoms with Crippen LogP contribution in [0.15, 0.2) is 97.1 Å². The number of rotatable bonds is 6. The largest absolute Gasteiger partial charge is 1.00 e. The molecule has 0 aromatic heterocycles. The molecule has 0 fully saturated rings. The van der Waals surface area contributed by atoms with Gasteiger partial charge in [0.1, 0.15) is 23.2 Å². The third-order valence-corrected chi connectivity index (χ3v) is 11.5. The molecule has 0 radical (unpaired) electrons. The van der Waals surface area contributed by atoms with Gasteiger partial charge < -0.3 is 17.0 Å². The van der Waals surface area contributed by atoms with Gasteiger partial charge >= 0.3 is 0 Å². The number of carbonyl (C=O) groups is 2. The van der Waals surface area contributed by atoms with Crippen LogP contribution in [-0.4, -0.2) is 29.4 Å². The summed E-state index contributed by atoms with van der Waals surface area (Å²) in [6.45, 7) is 0.272. The van der Waals surface area contributed by atoms with Crippen LogP contribution in [0.3, 0.4) is 0 Å². The van der Waals surface area contributed by atoms with Crippen molar-refractivity contribution < 1.29 is 26.6 Å². The quantitative estimate of drug-likeness (QED) is 0.246. The summed E-state index contributed by atoms with van der Waals surface area (Å²) in [5, 5.41) is 5.17. The summed E-state index contributed by atoms with van der Waals surface area (Å²) in [6.07, 6.45) is 0.559. The fourth-order valence-electron chi connectivity index (χ4n) is 4.61. The Morgan fingerprint density at radius 3 is 1.22 bits per heavy atom. The molecule has 1 aliphatic heterocycles. The Bertz CT molecular complexity index is 1260. The molecule has 1 heterocycles. The number of nitrogens with zero attached hydrogens (tertiary/aromatic N) is 1. The molecule has 1 aliphatic rings. The fourth-order valence-corrected chi connectivity index (χ4v) is 9.13. The van der Waals surface area contributed by atoms with Crippen LogP contribution in [0.25, 0.3) is 0 Å². The summed E-state index contributed by atoms with van der Waals surface area (Å²) in [5.74, 6) is -0.515. The van der Waals surface area contributed by atoms with Crippen LogP contribution in [0.4, 0.5) is 0 Å². The van der Waals surface area contributed by atoms with Gasteiger partial charge in [0, 0.05) is 15.1 Å². The zero-order valence-corrected chi connectivity index (χ0v) is 23.6. The number of amides is 2. The van der Waals surface area contributed by atoms with Crippen molar-refractivity contribution in [3.63, 3.8) is 0 Å². The van der Waals surface area contributed by atoms with Gasteiger partial charge in [-0.3, -0.25) is 14.5 Å². The van der Waals surface area contributed by atoms with Crippen molar-refractivity contribution in [3.05, 3.63) is 123 Å². The molecular weight excluding hydrogens is 600 g/mol. The molecule has 0 spiro atoms. The van der Waals surface area contributed by atoms with E-state index in [1.807, 2.05) is 72.8 Å². The Morgan fingerprint density at radius 2 is 0.889 bits per heavy atom. The lowest BCUT2D eigenvalue weighted by Gasteiger charge is -2.29. The summed E-state index contributed by atoms with van der Waals surface area (Å²) in [4.78, 5) is 27.6. The second kappa shape index (κ2) is 11.0. The van der Waals surface area contributed by atoms with Gasteiger partial charge in [-0.05, 0) is 84.9 Å². The van der Waals surface area contributed by atoms with Crippen LogP contribution in [0, 0.1) is 0 Å². The molecule has 2 amide bonds. The lowest BCUT2D eigenvalue weighted by atomic mass is 10.1. The first-order valence-electron chi connectivity index (χ1n) is 11.0. The molecule has 3 nitrogen and oxygen atoms in total. The van der Waals surface area contributed by atoms with E-state index in [4.69, 9.17) is 34.8 Å². The third-order valence-electron chi connectivity index (χ3n) is 6.34. The van der Waals surface area contributed by atoms with E-state index in [-0.39, 0.29) is 35.3 Å². The average molecular weight is 620 g/mol. The minimum atomic E-state index is -2.34. The first-order chi connectivity index (χ1) is 16.9. The molecule has 0 N–H and O–H groups in total. The number of hydrogen-bond donors (Lipinski definition) is 0. The number of halogens is 4. The Morgan fingerprint density at radius 1 is 0.556 bits per heavy atom. The van der Waals surface area contributed by atoms with E-state index < -0.39 is 7.26 Å². The predicted molar refractivity (Wildman–Crippen MR) is 147 cm³/mol. The SMILES string of the molecule is O=C1c2ccccc2C(=O)N1CC[P+](c1ccc(Cl)cc1)(c1ccc(Cl)cc1)c1ccc(Cl)cc1.[Br-]. The molecule has 8 heteroatoms. The Hall–Kier alpha value is -2.20. The van der Waals surface area contributed by atoms with Crippen LogP contribution in [0.2, 0.25) is 15.1 Å². The average Bonchev–Trinajstić information content (AvgIpc) is 3.12. The van der Waals surface area contributed by atoms with E-state index in [2.05, 4.69) is 0 Å². The van der Waals surface area contributed by atoms with Crippen LogP contribution < -0.4 is 32.9 Å². The molecule has 0 saturated heterocycles. The van der Waals surface area contributed by atoms with Crippen molar-refractivity contribution >= 4 is 69.8 Å². The molecule has 4 aromatic carbocycles. The monoisotopic (exact) mass is 617 g/mol. The topological polar surface area (TPSA) is 37.4 Å². The summed E-state index contributed by atoms with van der Waals surface area (Å²) in [5.41, 5.74) is 0.900. The minimum absolute atomic E-state index is 0. The molecule has 5 rings (SSSR count).